The summed E-state index contributed by atoms with van der Waals surface area (Å²) in [6.07, 6.45) is 0.121. The highest BCUT2D eigenvalue weighted by Crippen LogP contribution is 2.21. The van der Waals surface area contributed by atoms with Crippen LogP contribution >= 0.6 is 0 Å². The van der Waals surface area contributed by atoms with Gasteiger partial charge in [0.2, 0.25) is 0 Å². The molecule has 0 radical (unpaired) electrons. The molecule has 2 heterocycles. The van der Waals surface area contributed by atoms with Crippen LogP contribution in [0.2, 0.25) is 0 Å². The van der Waals surface area contributed by atoms with Crippen molar-refractivity contribution in [1.29, 1.82) is 0 Å². The van der Waals surface area contributed by atoms with E-state index in [0.29, 0.717) is 18.3 Å². The van der Waals surface area contributed by atoms with Crippen LogP contribution in [-0.2, 0) is 4.74 Å². The van der Waals surface area contributed by atoms with Crippen molar-refractivity contribution in [3.05, 3.63) is 29.3 Å². The molecule has 2 aromatic heterocycles. The minimum Gasteiger partial charge on any atom is -0.377 e. The monoisotopic (exact) mass is 276 g/mol. The van der Waals surface area contributed by atoms with Gasteiger partial charge in [-0.2, -0.15) is 4.98 Å². The molecular formula is C14H20N4O2. The van der Waals surface area contributed by atoms with Gasteiger partial charge in [0.15, 0.2) is 5.82 Å². The number of nitrogens with two attached hydrogens (primary N) is 1. The zero-order valence-corrected chi connectivity index (χ0v) is 12.3. The first-order chi connectivity index (χ1) is 9.47. The standard InChI is InChI=1S/C14H20N4O2/c1-8(2)19-7-12(15)13-17-14(20-18-13)11-6-5-9(3)16-10(11)4/h5-6,8,12H,7,15H2,1-4H3. The lowest BCUT2D eigenvalue weighted by molar-refractivity contribution is 0.0665. The first kappa shape index (κ1) is 14.6. The molecule has 108 valence electrons. The minimum absolute atomic E-state index is 0.121. The van der Waals surface area contributed by atoms with Gasteiger partial charge >= 0.3 is 0 Å². The largest absolute Gasteiger partial charge is 0.377 e. The second kappa shape index (κ2) is 6.11. The van der Waals surface area contributed by atoms with Crippen molar-refractivity contribution in [3.8, 4) is 11.5 Å². The van der Waals surface area contributed by atoms with E-state index in [9.17, 15) is 0 Å². The van der Waals surface area contributed by atoms with Crippen molar-refractivity contribution < 1.29 is 9.26 Å². The molecule has 2 N–H and O–H groups in total. The fraction of sp³-hybridized carbons (Fsp3) is 0.500. The summed E-state index contributed by atoms with van der Waals surface area (Å²) in [5.41, 5.74) is 8.60. The van der Waals surface area contributed by atoms with E-state index < -0.39 is 6.04 Å². The van der Waals surface area contributed by atoms with Gasteiger partial charge in [-0.05, 0) is 39.8 Å². The molecule has 1 unspecified atom stereocenters. The number of ether oxygens (including phenoxy) is 1. The van der Waals surface area contributed by atoms with Crippen LogP contribution in [0, 0.1) is 13.8 Å². The Kier molecular flexibility index (Phi) is 4.46. The van der Waals surface area contributed by atoms with E-state index in [1.54, 1.807) is 0 Å². The van der Waals surface area contributed by atoms with Crippen molar-refractivity contribution >= 4 is 0 Å². The lowest BCUT2D eigenvalue weighted by Crippen LogP contribution is -2.20. The summed E-state index contributed by atoms with van der Waals surface area (Å²) >= 11 is 0. The predicted octanol–water partition coefficient (Wildman–Crippen LogP) is 2.17. The summed E-state index contributed by atoms with van der Waals surface area (Å²) in [4.78, 5) is 8.71. The minimum atomic E-state index is -0.395. The van der Waals surface area contributed by atoms with Crippen LogP contribution in [0.15, 0.2) is 16.7 Å². The van der Waals surface area contributed by atoms with Crippen LogP contribution in [0.3, 0.4) is 0 Å². The molecule has 6 heteroatoms. The van der Waals surface area contributed by atoms with E-state index in [4.69, 9.17) is 15.0 Å². The lowest BCUT2D eigenvalue weighted by atomic mass is 10.2. The highest BCUT2D eigenvalue weighted by Gasteiger charge is 2.17. The Bertz CT molecular complexity index is 580. The van der Waals surface area contributed by atoms with Gasteiger partial charge in [-0.3, -0.25) is 4.98 Å². The van der Waals surface area contributed by atoms with Crippen molar-refractivity contribution in [3.63, 3.8) is 0 Å². The predicted molar refractivity (Wildman–Crippen MR) is 75.0 cm³/mol. The van der Waals surface area contributed by atoms with Gasteiger partial charge in [0.05, 0.1) is 30.0 Å². The summed E-state index contributed by atoms with van der Waals surface area (Å²) < 4.78 is 10.7. The van der Waals surface area contributed by atoms with Crippen LogP contribution in [-0.4, -0.2) is 27.8 Å². The number of nitrogens with zero attached hydrogens (tertiary/aromatic N) is 3. The summed E-state index contributed by atoms with van der Waals surface area (Å²) in [6, 6.07) is 3.44. The highest BCUT2D eigenvalue weighted by atomic mass is 16.5. The average Bonchev–Trinajstić information content (AvgIpc) is 2.85. The Morgan fingerprint density at radius 1 is 1.25 bits per heavy atom. The second-order valence-corrected chi connectivity index (χ2v) is 5.03. The Labute approximate surface area is 118 Å². The molecular weight excluding hydrogens is 256 g/mol. The van der Waals surface area contributed by atoms with Gasteiger partial charge in [0.25, 0.3) is 5.89 Å². The van der Waals surface area contributed by atoms with Crippen molar-refractivity contribution in [2.75, 3.05) is 6.61 Å². The maximum absolute atomic E-state index is 5.97. The number of hydrogen-bond acceptors (Lipinski definition) is 6. The van der Waals surface area contributed by atoms with Gasteiger partial charge < -0.3 is 15.0 Å². The third-order valence-electron chi connectivity index (χ3n) is 2.84. The topological polar surface area (TPSA) is 87.1 Å². The summed E-state index contributed by atoms with van der Waals surface area (Å²) in [6.45, 7) is 8.12. The van der Waals surface area contributed by atoms with Gasteiger partial charge in [-0.15, -0.1) is 0 Å². The number of pyridine rings is 1. The SMILES string of the molecule is Cc1ccc(-c2nc(C(N)COC(C)C)no2)c(C)n1. The molecule has 0 fully saturated rings. The van der Waals surface area contributed by atoms with E-state index in [0.717, 1.165) is 17.0 Å². The number of hydrogen-bond donors (Lipinski definition) is 1. The Morgan fingerprint density at radius 3 is 2.65 bits per heavy atom. The summed E-state index contributed by atoms with van der Waals surface area (Å²) in [5, 5.41) is 3.92. The molecule has 0 saturated heterocycles. The number of aryl methyl sites for hydroxylation is 2. The van der Waals surface area contributed by atoms with Crippen LogP contribution in [0.5, 0.6) is 0 Å². The van der Waals surface area contributed by atoms with Gasteiger partial charge in [0, 0.05) is 5.69 Å². The molecule has 0 aliphatic rings. The molecule has 0 aliphatic carbocycles. The second-order valence-electron chi connectivity index (χ2n) is 5.03. The van der Waals surface area contributed by atoms with E-state index >= 15 is 0 Å². The molecule has 2 aromatic rings. The Balaban J connectivity index is 2.16. The van der Waals surface area contributed by atoms with Crippen molar-refractivity contribution in [2.24, 2.45) is 5.73 Å². The molecule has 20 heavy (non-hydrogen) atoms. The van der Waals surface area contributed by atoms with E-state index in [1.807, 2.05) is 39.8 Å². The number of aromatic nitrogens is 3. The molecule has 2 rings (SSSR count). The van der Waals surface area contributed by atoms with Crippen LogP contribution < -0.4 is 5.73 Å². The van der Waals surface area contributed by atoms with E-state index in [-0.39, 0.29) is 6.10 Å². The normalized spacial score (nSPS) is 12.9. The summed E-state index contributed by atoms with van der Waals surface area (Å²) in [7, 11) is 0. The molecule has 0 aliphatic heterocycles. The lowest BCUT2D eigenvalue weighted by Gasteiger charge is -2.10. The fourth-order valence-corrected chi connectivity index (χ4v) is 1.78. The Hall–Kier alpha value is -1.79. The average molecular weight is 276 g/mol. The highest BCUT2D eigenvalue weighted by molar-refractivity contribution is 5.55. The molecule has 6 nitrogen and oxygen atoms in total. The molecule has 0 bridgehead atoms. The van der Waals surface area contributed by atoms with Gasteiger partial charge in [-0.1, -0.05) is 5.16 Å². The quantitative estimate of drug-likeness (QED) is 0.900. The molecule has 0 amide bonds. The summed E-state index contributed by atoms with van der Waals surface area (Å²) in [5.74, 6) is 0.880. The fourth-order valence-electron chi connectivity index (χ4n) is 1.78. The molecule has 0 aromatic carbocycles. The molecule has 0 saturated carbocycles. The molecule has 1 atom stereocenters. The smallest absolute Gasteiger partial charge is 0.259 e. The van der Waals surface area contributed by atoms with E-state index in [1.165, 1.54) is 0 Å². The third-order valence-corrected chi connectivity index (χ3v) is 2.84. The molecule has 0 spiro atoms. The number of rotatable bonds is 5. The van der Waals surface area contributed by atoms with Crippen molar-refractivity contribution in [1.82, 2.24) is 15.1 Å². The third kappa shape index (κ3) is 3.40. The van der Waals surface area contributed by atoms with Crippen LogP contribution in [0.4, 0.5) is 0 Å². The first-order valence-electron chi connectivity index (χ1n) is 6.62. The maximum atomic E-state index is 5.97. The maximum Gasteiger partial charge on any atom is 0.259 e. The van der Waals surface area contributed by atoms with Crippen LogP contribution in [0.25, 0.3) is 11.5 Å². The zero-order chi connectivity index (χ0) is 14.7. The zero-order valence-electron chi connectivity index (χ0n) is 12.3. The Morgan fingerprint density at radius 2 is 2.00 bits per heavy atom. The van der Waals surface area contributed by atoms with Crippen molar-refractivity contribution in [2.45, 2.75) is 39.8 Å². The van der Waals surface area contributed by atoms with Crippen LogP contribution in [0.1, 0.15) is 37.1 Å². The van der Waals surface area contributed by atoms with Gasteiger partial charge in [-0.25, -0.2) is 0 Å². The van der Waals surface area contributed by atoms with Gasteiger partial charge in [0.1, 0.15) is 0 Å². The first-order valence-corrected chi connectivity index (χ1v) is 6.62. The van der Waals surface area contributed by atoms with E-state index in [2.05, 4.69) is 15.1 Å².